The van der Waals surface area contributed by atoms with Gasteiger partial charge in [0.1, 0.15) is 0 Å². The number of nitrogens with one attached hydrogen (secondary N) is 1. The Balaban J connectivity index is 2.24. The van der Waals surface area contributed by atoms with Crippen LogP contribution < -0.4 is 5.32 Å². The molecular formula is C16H34N2. The summed E-state index contributed by atoms with van der Waals surface area (Å²) in [7, 11) is 2.33. The SMILES string of the molecule is CCCNCCC(C)N(C)C1CCC(C)(C)CC1. The van der Waals surface area contributed by atoms with E-state index in [-0.39, 0.29) is 0 Å². The van der Waals surface area contributed by atoms with Crippen LogP contribution in [-0.4, -0.2) is 37.1 Å². The Morgan fingerprint density at radius 2 is 1.83 bits per heavy atom. The zero-order valence-corrected chi connectivity index (χ0v) is 13.3. The lowest BCUT2D eigenvalue weighted by atomic mass is 9.75. The molecule has 1 aliphatic rings. The number of nitrogens with zero attached hydrogens (tertiary/aromatic N) is 1. The number of rotatable bonds is 7. The molecule has 0 bridgehead atoms. The molecule has 0 aromatic carbocycles. The standard InChI is InChI=1S/C16H34N2/c1-6-12-17-13-9-14(2)18(5)15-7-10-16(3,4)11-8-15/h14-15,17H,6-13H2,1-5H3. The summed E-state index contributed by atoms with van der Waals surface area (Å²) in [6.07, 6.45) is 8.07. The Kier molecular flexibility index (Phi) is 6.65. The number of hydrogen-bond donors (Lipinski definition) is 1. The fraction of sp³-hybridized carbons (Fsp3) is 1.00. The lowest BCUT2D eigenvalue weighted by Crippen LogP contribution is -2.43. The predicted octanol–water partition coefficient (Wildman–Crippen LogP) is 3.67. The lowest BCUT2D eigenvalue weighted by molar-refractivity contribution is 0.0970. The van der Waals surface area contributed by atoms with Gasteiger partial charge < -0.3 is 10.2 Å². The molecular weight excluding hydrogens is 220 g/mol. The molecule has 2 nitrogen and oxygen atoms in total. The third-order valence-electron chi connectivity index (χ3n) is 4.75. The maximum Gasteiger partial charge on any atom is 0.00954 e. The van der Waals surface area contributed by atoms with E-state index in [1.165, 1.54) is 38.5 Å². The van der Waals surface area contributed by atoms with Gasteiger partial charge in [-0.3, -0.25) is 0 Å². The van der Waals surface area contributed by atoms with Crippen molar-refractivity contribution < 1.29 is 0 Å². The predicted molar refractivity (Wildman–Crippen MR) is 81.0 cm³/mol. The van der Waals surface area contributed by atoms with Crippen LogP contribution in [0.2, 0.25) is 0 Å². The molecule has 0 heterocycles. The molecule has 2 heteroatoms. The summed E-state index contributed by atoms with van der Waals surface area (Å²) in [6, 6.07) is 1.53. The van der Waals surface area contributed by atoms with Crippen molar-refractivity contribution in [3.63, 3.8) is 0 Å². The second-order valence-electron chi connectivity index (χ2n) is 6.95. The van der Waals surface area contributed by atoms with Crippen LogP contribution in [0.15, 0.2) is 0 Å². The van der Waals surface area contributed by atoms with Gasteiger partial charge in [-0.1, -0.05) is 20.8 Å². The third-order valence-corrected chi connectivity index (χ3v) is 4.75. The summed E-state index contributed by atoms with van der Waals surface area (Å²) in [6.45, 7) is 11.8. The van der Waals surface area contributed by atoms with Crippen LogP contribution in [0.4, 0.5) is 0 Å². The van der Waals surface area contributed by atoms with Gasteiger partial charge in [0.25, 0.3) is 0 Å². The monoisotopic (exact) mass is 254 g/mol. The minimum Gasteiger partial charge on any atom is -0.317 e. The molecule has 18 heavy (non-hydrogen) atoms. The highest BCUT2D eigenvalue weighted by Gasteiger charge is 2.29. The van der Waals surface area contributed by atoms with Crippen LogP contribution in [0.1, 0.15) is 66.2 Å². The average molecular weight is 254 g/mol. The van der Waals surface area contributed by atoms with Crippen LogP contribution in [0.25, 0.3) is 0 Å². The Morgan fingerprint density at radius 3 is 2.39 bits per heavy atom. The van der Waals surface area contributed by atoms with E-state index in [1.54, 1.807) is 0 Å². The Morgan fingerprint density at radius 1 is 1.22 bits per heavy atom. The molecule has 1 atom stereocenters. The second kappa shape index (κ2) is 7.49. The minimum atomic E-state index is 0.587. The largest absolute Gasteiger partial charge is 0.317 e. The normalized spacial score (nSPS) is 22.3. The molecule has 108 valence electrons. The molecule has 0 radical (unpaired) electrons. The Labute approximate surface area is 115 Å². The van der Waals surface area contributed by atoms with E-state index >= 15 is 0 Å². The van der Waals surface area contributed by atoms with E-state index < -0.39 is 0 Å². The maximum absolute atomic E-state index is 3.51. The first-order valence-electron chi connectivity index (χ1n) is 7.89. The van der Waals surface area contributed by atoms with Crippen molar-refractivity contribution in [2.24, 2.45) is 5.41 Å². The van der Waals surface area contributed by atoms with Crippen LogP contribution in [0.3, 0.4) is 0 Å². The van der Waals surface area contributed by atoms with Crippen molar-refractivity contribution in [1.29, 1.82) is 0 Å². The summed E-state index contributed by atoms with van der Waals surface area (Å²) >= 11 is 0. The zero-order valence-electron chi connectivity index (χ0n) is 13.3. The van der Waals surface area contributed by atoms with E-state index in [1.807, 2.05) is 0 Å². The van der Waals surface area contributed by atoms with Crippen LogP contribution in [0, 0.1) is 5.41 Å². The van der Waals surface area contributed by atoms with E-state index in [0.29, 0.717) is 11.5 Å². The van der Waals surface area contributed by atoms with Crippen molar-refractivity contribution in [2.45, 2.75) is 78.3 Å². The quantitative estimate of drug-likeness (QED) is 0.697. The number of hydrogen-bond acceptors (Lipinski definition) is 2. The molecule has 0 aromatic rings. The fourth-order valence-corrected chi connectivity index (χ4v) is 2.97. The molecule has 0 saturated heterocycles. The Hall–Kier alpha value is -0.0800. The first-order chi connectivity index (χ1) is 8.46. The van der Waals surface area contributed by atoms with Gasteiger partial charge in [-0.05, 0) is 71.0 Å². The molecule has 0 spiro atoms. The van der Waals surface area contributed by atoms with Crippen molar-refractivity contribution in [3.05, 3.63) is 0 Å². The van der Waals surface area contributed by atoms with E-state index in [9.17, 15) is 0 Å². The summed E-state index contributed by atoms with van der Waals surface area (Å²) in [5, 5.41) is 3.51. The molecule has 1 fully saturated rings. The summed E-state index contributed by atoms with van der Waals surface area (Å²) < 4.78 is 0. The Bertz CT molecular complexity index is 215. The van der Waals surface area contributed by atoms with Crippen LogP contribution in [-0.2, 0) is 0 Å². The molecule has 1 unspecified atom stereocenters. The van der Waals surface area contributed by atoms with Gasteiger partial charge >= 0.3 is 0 Å². The van der Waals surface area contributed by atoms with Gasteiger partial charge in [-0.2, -0.15) is 0 Å². The van der Waals surface area contributed by atoms with Gasteiger partial charge in [0.2, 0.25) is 0 Å². The maximum atomic E-state index is 3.51. The van der Waals surface area contributed by atoms with Gasteiger partial charge in [0, 0.05) is 12.1 Å². The van der Waals surface area contributed by atoms with Crippen molar-refractivity contribution >= 4 is 0 Å². The average Bonchev–Trinajstić information content (AvgIpc) is 2.33. The highest BCUT2D eigenvalue weighted by Crippen LogP contribution is 2.37. The molecule has 0 amide bonds. The van der Waals surface area contributed by atoms with Gasteiger partial charge in [0.05, 0.1) is 0 Å². The first kappa shape index (κ1) is 16.0. The second-order valence-corrected chi connectivity index (χ2v) is 6.95. The van der Waals surface area contributed by atoms with Gasteiger partial charge in [-0.25, -0.2) is 0 Å². The highest BCUT2D eigenvalue weighted by atomic mass is 15.2. The molecule has 1 saturated carbocycles. The lowest BCUT2D eigenvalue weighted by Gasteiger charge is -2.41. The van der Waals surface area contributed by atoms with Crippen molar-refractivity contribution in [2.75, 3.05) is 20.1 Å². The molecule has 1 aliphatic carbocycles. The fourth-order valence-electron chi connectivity index (χ4n) is 2.97. The smallest absolute Gasteiger partial charge is 0.00954 e. The summed E-state index contributed by atoms with van der Waals surface area (Å²) in [5.41, 5.74) is 0.587. The van der Waals surface area contributed by atoms with E-state index in [4.69, 9.17) is 0 Å². The molecule has 0 aromatic heterocycles. The van der Waals surface area contributed by atoms with E-state index in [0.717, 1.165) is 19.1 Å². The van der Waals surface area contributed by atoms with Gasteiger partial charge in [-0.15, -0.1) is 0 Å². The summed E-state index contributed by atoms with van der Waals surface area (Å²) in [4.78, 5) is 2.63. The molecule has 1 rings (SSSR count). The van der Waals surface area contributed by atoms with Crippen LogP contribution in [0.5, 0.6) is 0 Å². The topological polar surface area (TPSA) is 15.3 Å². The zero-order chi connectivity index (χ0) is 13.6. The summed E-state index contributed by atoms with van der Waals surface area (Å²) in [5.74, 6) is 0. The molecule has 0 aliphatic heterocycles. The van der Waals surface area contributed by atoms with E-state index in [2.05, 4.69) is 45.0 Å². The van der Waals surface area contributed by atoms with Crippen molar-refractivity contribution in [3.8, 4) is 0 Å². The first-order valence-corrected chi connectivity index (χ1v) is 7.89. The minimum absolute atomic E-state index is 0.587. The third kappa shape index (κ3) is 5.27. The van der Waals surface area contributed by atoms with Gasteiger partial charge in [0.15, 0.2) is 0 Å². The van der Waals surface area contributed by atoms with Crippen molar-refractivity contribution in [1.82, 2.24) is 10.2 Å². The highest BCUT2D eigenvalue weighted by molar-refractivity contribution is 4.84. The molecule has 1 N–H and O–H groups in total. The van der Waals surface area contributed by atoms with Crippen LogP contribution >= 0.6 is 0 Å².